The Hall–Kier alpha value is -2.54. The first-order valence-electron chi connectivity index (χ1n) is 8.51. The molecule has 0 atom stereocenters. The summed E-state index contributed by atoms with van der Waals surface area (Å²) < 4.78 is 0. The molecule has 5 rings (SSSR count). The molecule has 26 heavy (non-hydrogen) atoms. The van der Waals surface area contributed by atoms with E-state index in [1.807, 2.05) is 12.1 Å². The molecule has 0 unspecified atom stereocenters. The second-order valence-corrected chi connectivity index (χ2v) is 7.34. The fraction of sp³-hybridized carbons (Fsp3) is 0. The standard InChI is InChI=1S/C24H14Cl2/c25-15-9-11-21-17-5-1-3-7-19(17)23-13-16(26)10-12-22(23)18-6-2-4-8-20(18)24(21)14-15/h1-14H. The molecule has 0 aromatic heterocycles. The van der Waals surface area contributed by atoms with E-state index in [2.05, 4.69) is 72.8 Å². The van der Waals surface area contributed by atoms with Crippen molar-refractivity contribution in [2.75, 3.05) is 0 Å². The third-order valence-electron chi connectivity index (χ3n) is 4.98. The van der Waals surface area contributed by atoms with Crippen molar-refractivity contribution in [2.45, 2.75) is 0 Å². The highest BCUT2D eigenvalue weighted by Gasteiger charge is 2.21. The van der Waals surface area contributed by atoms with E-state index in [9.17, 15) is 0 Å². The summed E-state index contributed by atoms with van der Waals surface area (Å²) in [7, 11) is 0. The molecule has 0 aliphatic heterocycles. The van der Waals surface area contributed by atoms with Crippen LogP contribution >= 0.6 is 23.2 Å². The second kappa shape index (κ2) is 6.02. The van der Waals surface area contributed by atoms with Gasteiger partial charge < -0.3 is 0 Å². The number of hydrogen-bond donors (Lipinski definition) is 0. The van der Waals surface area contributed by atoms with Crippen molar-refractivity contribution < 1.29 is 0 Å². The van der Waals surface area contributed by atoms with Crippen molar-refractivity contribution in [3.8, 4) is 44.5 Å². The molecule has 1 aliphatic rings. The third-order valence-corrected chi connectivity index (χ3v) is 5.45. The van der Waals surface area contributed by atoms with Crippen LogP contribution in [0.25, 0.3) is 44.5 Å². The van der Waals surface area contributed by atoms with E-state index in [0.29, 0.717) is 0 Å². The summed E-state index contributed by atoms with van der Waals surface area (Å²) in [5, 5.41) is 1.49. The Labute approximate surface area is 162 Å². The quantitative estimate of drug-likeness (QED) is 0.258. The van der Waals surface area contributed by atoms with Crippen molar-refractivity contribution in [1.82, 2.24) is 0 Å². The zero-order chi connectivity index (χ0) is 17.7. The fourth-order valence-electron chi connectivity index (χ4n) is 3.85. The molecule has 2 heteroatoms. The van der Waals surface area contributed by atoms with Crippen molar-refractivity contribution in [2.24, 2.45) is 0 Å². The summed E-state index contributed by atoms with van der Waals surface area (Å²) in [6.07, 6.45) is 0. The van der Waals surface area contributed by atoms with Crippen molar-refractivity contribution in [1.29, 1.82) is 0 Å². The minimum absolute atomic E-state index is 0.743. The first kappa shape index (κ1) is 15.7. The number of fused-ring (bicyclic) bond motifs is 8. The van der Waals surface area contributed by atoms with Crippen LogP contribution in [0.1, 0.15) is 0 Å². The fourth-order valence-corrected chi connectivity index (χ4v) is 4.20. The number of hydrogen-bond acceptors (Lipinski definition) is 0. The van der Waals surface area contributed by atoms with Gasteiger partial charge in [0.1, 0.15) is 0 Å². The zero-order valence-electron chi connectivity index (χ0n) is 13.8. The molecular weight excluding hydrogens is 359 g/mol. The van der Waals surface area contributed by atoms with Crippen LogP contribution in [0, 0.1) is 0 Å². The van der Waals surface area contributed by atoms with Gasteiger partial charge in [0.15, 0.2) is 0 Å². The van der Waals surface area contributed by atoms with Crippen LogP contribution in [0.2, 0.25) is 10.0 Å². The van der Waals surface area contributed by atoms with E-state index < -0.39 is 0 Å². The molecule has 4 aromatic carbocycles. The molecule has 0 spiro atoms. The SMILES string of the molecule is Clc1ccc2c(c1)-c1ccccc1-c1ccc(Cl)cc1-c1ccccc1-2. The van der Waals surface area contributed by atoms with Gasteiger partial charge in [-0.25, -0.2) is 0 Å². The van der Waals surface area contributed by atoms with Gasteiger partial charge >= 0.3 is 0 Å². The van der Waals surface area contributed by atoms with Crippen LogP contribution in [0.5, 0.6) is 0 Å². The summed E-state index contributed by atoms with van der Waals surface area (Å²) >= 11 is 12.7. The highest BCUT2D eigenvalue weighted by atomic mass is 35.5. The molecule has 4 aromatic rings. The van der Waals surface area contributed by atoms with Crippen molar-refractivity contribution in [3.05, 3.63) is 95.0 Å². The van der Waals surface area contributed by atoms with Gasteiger partial charge in [0.25, 0.3) is 0 Å². The highest BCUT2D eigenvalue weighted by molar-refractivity contribution is 6.31. The minimum Gasteiger partial charge on any atom is -0.0843 e. The molecule has 124 valence electrons. The van der Waals surface area contributed by atoms with Crippen LogP contribution in [0.4, 0.5) is 0 Å². The molecule has 0 N–H and O–H groups in total. The maximum Gasteiger partial charge on any atom is 0.0412 e. The Morgan fingerprint density at radius 1 is 0.346 bits per heavy atom. The Balaban J connectivity index is 2.00. The molecule has 0 amide bonds. The Bertz CT molecular complexity index is 1070. The van der Waals surface area contributed by atoms with E-state index in [4.69, 9.17) is 23.2 Å². The topological polar surface area (TPSA) is 0 Å². The van der Waals surface area contributed by atoms with Crippen LogP contribution in [0.3, 0.4) is 0 Å². The Morgan fingerprint density at radius 3 is 1.04 bits per heavy atom. The smallest absolute Gasteiger partial charge is 0.0412 e. The van der Waals surface area contributed by atoms with Crippen LogP contribution in [0.15, 0.2) is 84.9 Å². The lowest BCUT2D eigenvalue weighted by Gasteiger charge is -2.23. The largest absolute Gasteiger partial charge is 0.0843 e. The molecule has 1 aliphatic carbocycles. The van der Waals surface area contributed by atoms with E-state index in [1.165, 1.54) is 33.4 Å². The minimum atomic E-state index is 0.743. The van der Waals surface area contributed by atoms with Gasteiger partial charge in [-0.05, 0) is 68.8 Å². The lowest BCUT2D eigenvalue weighted by molar-refractivity contribution is 1.52. The third kappa shape index (κ3) is 2.38. The predicted octanol–water partition coefficient (Wildman–Crippen LogP) is 7.97. The number of rotatable bonds is 0. The van der Waals surface area contributed by atoms with Gasteiger partial charge in [0, 0.05) is 10.0 Å². The average molecular weight is 373 g/mol. The molecule has 0 heterocycles. The summed E-state index contributed by atoms with van der Waals surface area (Å²) in [5.41, 5.74) is 9.42. The molecule has 0 saturated heterocycles. The van der Waals surface area contributed by atoms with Crippen LogP contribution in [-0.2, 0) is 0 Å². The van der Waals surface area contributed by atoms with Crippen molar-refractivity contribution in [3.63, 3.8) is 0 Å². The Morgan fingerprint density at radius 2 is 0.654 bits per heavy atom. The first-order valence-corrected chi connectivity index (χ1v) is 9.26. The maximum absolute atomic E-state index is 6.37. The summed E-state index contributed by atoms with van der Waals surface area (Å²) in [6.45, 7) is 0. The highest BCUT2D eigenvalue weighted by Crippen LogP contribution is 2.48. The van der Waals surface area contributed by atoms with Gasteiger partial charge in [-0.15, -0.1) is 0 Å². The van der Waals surface area contributed by atoms with Crippen LogP contribution < -0.4 is 0 Å². The predicted molar refractivity (Wildman–Crippen MR) is 112 cm³/mol. The molecule has 0 radical (unpaired) electrons. The number of halogens is 2. The second-order valence-electron chi connectivity index (χ2n) is 6.47. The first-order chi connectivity index (χ1) is 12.7. The normalized spacial score (nSPS) is 11.5. The summed E-state index contributed by atoms with van der Waals surface area (Å²) in [6, 6.07) is 29.2. The Kier molecular flexibility index (Phi) is 3.63. The number of benzene rings is 4. The summed E-state index contributed by atoms with van der Waals surface area (Å²) in [5.74, 6) is 0. The molecule has 0 fully saturated rings. The summed E-state index contributed by atoms with van der Waals surface area (Å²) in [4.78, 5) is 0. The molecule has 0 bridgehead atoms. The zero-order valence-corrected chi connectivity index (χ0v) is 15.4. The van der Waals surface area contributed by atoms with E-state index in [1.54, 1.807) is 0 Å². The van der Waals surface area contributed by atoms with Gasteiger partial charge in [-0.3, -0.25) is 0 Å². The lowest BCUT2D eigenvalue weighted by atomic mass is 9.81. The monoisotopic (exact) mass is 372 g/mol. The lowest BCUT2D eigenvalue weighted by Crippen LogP contribution is -1.97. The van der Waals surface area contributed by atoms with Gasteiger partial charge in [0.2, 0.25) is 0 Å². The molecular formula is C24H14Cl2. The van der Waals surface area contributed by atoms with Gasteiger partial charge in [0.05, 0.1) is 0 Å². The van der Waals surface area contributed by atoms with Gasteiger partial charge in [-0.2, -0.15) is 0 Å². The van der Waals surface area contributed by atoms with E-state index in [0.717, 1.165) is 21.2 Å². The van der Waals surface area contributed by atoms with Gasteiger partial charge in [-0.1, -0.05) is 83.9 Å². The van der Waals surface area contributed by atoms with Crippen LogP contribution in [-0.4, -0.2) is 0 Å². The van der Waals surface area contributed by atoms with E-state index in [-0.39, 0.29) is 0 Å². The van der Waals surface area contributed by atoms with E-state index >= 15 is 0 Å². The molecule has 0 saturated carbocycles. The molecule has 0 nitrogen and oxygen atoms in total. The van der Waals surface area contributed by atoms with Crippen molar-refractivity contribution >= 4 is 23.2 Å². The maximum atomic E-state index is 6.37. The average Bonchev–Trinajstić information content (AvgIpc) is 2.67.